The lowest BCUT2D eigenvalue weighted by Gasteiger charge is -2.69. The smallest absolute Gasteiger partial charge is 0.409 e. The normalized spacial score (nSPS) is 20.7. The zero-order chi connectivity index (χ0) is 73.4. The third-order valence-electron chi connectivity index (χ3n) is 20.5. The van der Waals surface area contributed by atoms with Gasteiger partial charge in [0.25, 0.3) is 11.8 Å². The number of carbonyl (C=O) groups excluding carboxylic acids is 7. The highest BCUT2D eigenvalue weighted by Crippen LogP contribution is 2.72. The second-order valence-electron chi connectivity index (χ2n) is 29.5. The summed E-state index contributed by atoms with van der Waals surface area (Å²) in [5.74, 6) is -3.71. The van der Waals surface area contributed by atoms with E-state index in [4.69, 9.17) is 35.0 Å². The Morgan fingerprint density at radius 3 is 2.26 bits per heavy atom. The fourth-order valence-electron chi connectivity index (χ4n) is 16.8. The Hall–Kier alpha value is -9.96. The van der Waals surface area contributed by atoms with Gasteiger partial charge >= 0.3 is 24.1 Å². The van der Waals surface area contributed by atoms with Gasteiger partial charge in [0.05, 0.1) is 28.6 Å². The summed E-state index contributed by atoms with van der Waals surface area (Å²) in [5.41, 5.74) is 11.3. The van der Waals surface area contributed by atoms with Crippen molar-refractivity contribution in [2.24, 2.45) is 27.9 Å². The first-order chi connectivity index (χ1) is 49.2. The van der Waals surface area contributed by atoms with Gasteiger partial charge in [-0.05, 0) is 165 Å². The maximum atomic E-state index is 13.9. The van der Waals surface area contributed by atoms with Gasteiger partial charge in [0.1, 0.15) is 30.3 Å². The average Bonchev–Trinajstić information content (AvgIpc) is 0.876. The molecule has 8 amide bonds. The second kappa shape index (κ2) is 31.7. The van der Waals surface area contributed by atoms with Crippen LogP contribution in [0.5, 0.6) is 5.75 Å². The standard InChI is InChI=1S/C75H93N13O14S/c1-46(2)64(84-60(89)17-8-7-13-30-87-61(90)26-27-62(87)91)67(95)81-56(15-11-12-29-77-69(76)98)66(94)80-50-21-18-48(19-22-50)37-101-71(99)85(6)32-33-102-75-42-72(4)39-73(5,43-75)41-74(40-72,44-75)45-88-47(3)53(35-79-88)52-23-25-59(83-65(52)68(96)97)86-31-28-51-54(36-86)49(20-24-57(51)100-38-63(92)93)34-78-70-82-55-14-9-10-16-58(55)103-70/h9-10,14,16,18-27,35,46,56,64H,7-8,11-13,15,17,28-34,36-45H2,1-6H3,(H,78,82)(H,80,94)(H,81,95)(H,84,89)(H,92,93)(H,96,97)(H3,76,77,98)/t56-,64-,72?,73?,74?,75?/m0/s1. The number of carboxylic acid groups (broad SMARTS) is 2. The molecule has 103 heavy (non-hydrogen) atoms. The van der Waals surface area contributed by atoms with Gasteiger partial charge in [0.15, 0.2) is 17.4 Å². The molecule has 2 unspecified atom stereocenters. The average molecular weight is 1430 g/mol. The predicted octanol–water partition coefficient (Wildman–Crippen LogP) is 9.49. The summed E-state index contributed by atoms with van der Waals surface area (Å²) in [5, 5.41) is 40.5. The molecule has 5 heterocycles. The van der Waals surface area contributed by atoms with E-state index >= 15 is 0 Å². The van der Waals surface area contributed by atoms with Crippen LogP contribution in [0, 0.1) is 29.1 Å². The number of unbranched alkanes of at least 4 members (excludes halogenated alkanes) is 3. The van der Waals surface area contributed by atoms with Crippen LogP contribution in [0.1, 0.15) is 150 Å². The van der Waals surface area contributed by atoms with Gasteiger partial charge in [-0.1, -0.05) is 75.8 Å². The maximum Gasteiger partial charge on any atom is 0.409 e. The van der Waals surface area contributed by atoms with Crippen molar-refractivity contribution in [3.63, 3.8) is 0 Å². The summed E-state index contributed by atoms with van der Waals surface area (Å²) in [6, 6.07) is 19.5. The number of ether oxygens (including phenoxy) is 3. The number of aromatic nitrogens is 4. The number of thiazole rings is 1. The molecule has 6 aromatic rings. The zero-order valence-corrected chi connectivity index (χ0v) is 60.1. The van der Waals surface area contributed by atoms with Gasteiger partial charge in [-0.2, -0.15) is 5.10 Å². The topological polar surface area (TPSA) is 361 Å². The van der Waals surface area contributed by atoms with Crippen molar-refractivity contribution < 1.29 is 67.6 Å². The van der Waals surface area contributed by atoms with E-state index in [0.29, 0.717) is 98.6 Å². The highest BCUT2D eigenvalue weighted by Gasteiger charge is 2.66. The fourth-order valence-corrected chi connectivity index (χ4v) is 17.7. The number of hydrogen-bond donors (Lipinski definition) is 8. The maximum absolute atomic E-state index is 13.9. The molecule has 0 saturated heterocycles. The quantitative estimate of drug-likeness (QED) is 0.0138. The molecule has 12 rings (SSSR count). The number of nitrogens with one attached hydrogen (secondary N) is 5. The third kappa shape index (κ3) is 18.1. The number of imide groups is 1. The number of primary amides is 1. The van der Waals surface area contributed by atoms with Gasteiger partial charge in [0.2, 0.25) is 17.7 Å². The molecule has 27 nitrogen and oxygen atoms in total. The number of anilines is 3. The van der Waals surface area contributed by atoms with E-state index in [9.17, 15) is 53.4 Å². The second-order valence-corrected chi connectivity index (χ2v) is 30.6. The summed E-state index contributed by atoms with van der Waals surface area (Å²) in [6.07, 6.45) is 12.6. The van der Waals surface area contributed by atoms with Crippen molar-refractivity contribution in [1.82, 2.24) is 45.5 Å². The number of amides is 8. The van der Waals surface area contributed by atoms with Crippen LogP contribution in [0.15, 0.2) is 91.1 Å². The van der Waals surface area contributed by atoms with Crippen molar-refractivity contribution in [2.45, 2.75) is 168 Å². The van der Waals surface area contributed by atoms with Crippen LogP contribution in [-0.2, 0) is 70.9 Å². The Labute approximate surface area is 602 Å². The van der Waals surface area contributed by atoms with E-state index < -0.39 is 60.2 Å². The van der Waals surface area contributed by atoms with E-state index in [2.05, 4.69) is 40.4 Å². The number of rotatable bonds is 34. The lowest BCUT2D eigenvalue weighted by Crippen LogP contribution is -2.64. The molecule has 4 atom stereocenters. The Bertz CT molecular complexity index is 4160. The lowest BCUT2D eigenvalue weighted by atomic mass is 9.39. The summed E-state index contributed by atoms with van der Waals surface area (Å²) in [7, 11) is 1.67. The zero-order valence-electron chi connectivity index (χ0n) is 59.3. The number of nitrogens with zero attached hydrogens (tertiary/aromatic N) is 7. The van der Waals surface area contributed by atoms with Gasteiger partial charge < -0.3 is 66.5 Å². The number of benzene rings is 3. The fraction of sp³-hybridized carbons (Fsp3) is 0.493. The van der Waals surface area contributed by atoms with Crippen molar-refractivity contribution in [2.75, 3.05) is 62.0 Å². The molecule has 4 fully saturated rings. The van der Waals surface area contributed by atoms with Crippen LogP contribution >= 0.6 is 11.3 Å². The molecular formula is C75H93N13O14S. The number of pyridine rings is 1. The number of hydrogen-bond acceptors (Lipinski definition) is 18. The Kier molecular flexibility index (Phi) is 22.9. The predicted molar refractivity (Wildman–Crippen MR) is 386 cm³/mol. The van der Waals surface area contributed by atoms with Gasteiger partial charge in [-0.25, -0.2) is 29.1 Å². The first-order valence-corrected chi connectivity index (χ1v) is 36.2. The van der Waals surface area contributed by atoms with Gasteiger partial charge in [0, 0.05) is 99.5 Å². The Morgan fingerprint density at radius 1 is 0.806 bits per heavy atom. The number of carboxylic acids is 2. The number of likely N-dealkylation sites (N-methyl/N-ethyl adjacent to an activating group) is 1. The van der Waals surface area contributed by atoms with Crippen LogP contribution in [0.25, 0.3) is 21.3 Å². The van der Waals surface area contributed by atoms with Crippen LogP contribution in [0.4, 0.5) is 26.2 Å². The van der Waals surface area contributed by atoms with Crippen LogP contribution in [0.2, 0.25) is 0 Å². The minimum Gasteiger partial charge on any atom is -0.482 e. The summed E-state index contributed by atoms with van der Waals surface area (Å²) in [6.45, 7) is 12.8. The lowest BCUT2D eigenvalue weighted by molar-refractivity contribution is -0.248. The number of aromatic carboxylic acids is 1. The molecule has 2 aliphatic heterocycles. The molecular weight excluding hydrogens is 1340 g/mol. The minimum atomic E-state index is -1.17. The molecule has 6 aliphatic rings. The number of urea groups is 1. The minimum absolute atomic E-state index is 0.00524. The van der Waals surface area contributed by atoms with Crippen molar-refractivity contribution >= 4 is 91.8 Å². The van der Waals surface area contributed by atoms with Crippen LogP contribution in [-0.4, -0.2) is 157 Å². The monoisotopic (exact) mass is 1430 g/mol. The Balaban J connectivity index is 0.675. The summed E-state index contributed by atoms with van der Waals surface area (Å²) >= 11 is 1.56. The summed E-state index contributed by atoms with van der Waals surface area (Å²) in [4.78, 5) is 128. The molecule has 9 N–H and O–H groups in total. The highest BCUT2D eigenvalue weighted by molar-refractivity contribution is 7.22. The van der Waals surface area contributed by atoms with E-state index in [-0.39, 0.29) is 91.3 Å². The largest absolute Gasteiger partial charge is 0.482 e. The molecule has 4 aliphatic carbocycles. The van der Waals surface area contributed by atoms with E-state index in [0.717, 1.165) is 81.2 Å². The molecule has 4 saturated carbocycles. The van der Waals surface area contributed by atoms with Crippen LogP contribution < -0.4 is 42.0 Å². The molecule has 548 valence electrons. The van der Waals surface area contributed by atoms with Crippen molar-refractivity contribution in [3.8, 4) is 16.9 Å². The van der Waals surface area contributed by atoms with E-state index in [1.54, 1.807) is 62.7 Å². The van der Waals surface area contributed by atoms with Crippen molar-refractivity contribution in [1.29, 1.82) is 0 Å². The van der Waals surface area contributed by atoms with E-state index in [1.165, 1.54) is 17.1 Å². The van der Waals surface area contributed by atoms with Gasteiger partial charge in [-0.15, -0.1) is 0 Å². The van der Waals surface area contributed by atoms with Crippen LogP contribution in [0.3, 0.4) is 0 Å². The molecule has 4 bridgehead atoms. The number of fused-ring (bicyclic) bond motifs is 2. The first kappa shape index (κ1) is 74.2. The number of aliphatic carboxylic acids is 1. The number of para-hydroxylation sites is 1. The number of nitrogens with two attached hydrogens (primary N) is 1. The highest BCUT2D eigenvalue weighted by atomic mass is 32.1. The first-order valence-electron chi connectivity index (χ1n) is 35.4. The Morgan fingerprint density at radius 2 is 1.55 bits per heavy atom. The molecule has 3 aromatic carbocycles. The van der Waals surface area contributed by atoms with Gasteiger partial charge in [-0.3, -0.25) is 33.6 Å². The molecule has 0 spiro atoms. The molecule has 28 heteroatoms. The number of carbonyl (C=O) groups is 9. The SMILES string of the molecule is Cc1c(-c2ccc(N3CCc4c(OCC(=O)O)ccc(CNc5nc6ccccc6s5)c4C3)nc2C(=O)O)cnn1CC12CC3(C)CC(C)(C1)CC(OCCN(C)C(=O)OCc1ccc(NC(=O)[C@H](CCCCNC(N)=O)NC(=O)[C@@H](NC(=O)CCCCCN4C(=O)C=CC4=O)C(C)C)cc1)(C3)C2. The van der Waals surface area contributed by atoms with E-state index in [1.807, 2.05) is 65.0 Å². The summed E-state index contributed by atoms with van der Waals surface area (Å²) < 4.78 is 21.6. The third-order valence-corrected chi connectivity index (χ3v) is 21.5. The molecule has 3 aromatic heterocycles. The van der Waals surface area contributed by atoms with Crippen molar-refractivity contribution in [3.05, 3.63) is 125 Å². The molecule has 0 radical (unpaired) electrons.